The second-order valence-corrected chi connectivity index (χ2v) is 6.25. The van der Waals surface area contributed by atoms with Crippen LogP contribution in [0, 0.1) is 0 Å². The molecule has 1 aliphatic heterocycles. The predicted molar refractivity (Wildman–Crippen MR) is 78.0 cm³/mol. The summed E-state index contributed by atoms with van der Waals surface area (Å²) in [7, 11) is -3.90. The Bertz CT molecular complexity index is 635. The Morgan fingerprint density at radius 3 is 1.78 bits per heavy atom. The summed E-state index contributed by atoms with van der Waals surface area (Å²) in [6.45, 7) is 2.32. The van der Waals surface area contributed by atoms with E-state index in [1.54, 1.807) is 0 Å². The number of ether oxygens (including phenoxy) is 5. The molecule has 1 rings (SSSR count). The molecule has 0 aromatic carbocycles. The average Bonchev–Trinajstić information content (AvgIpc) is 2.47. The van der Waals surface area contributed by atoms with Crippen LogP contribution in [0.1, 0.15) is 20.8 Å². The molecule has 0 amide bonds. The van der Waals surface area contributed by atoms with E-state index < -0.39 is 65.6 Å². The van der Waals surface area contributed by atoms with Crippen LogP contribution in [0.3, 0.4) is 0 Å². The van der Waals surface area contributed by atoms with Crippen molar-refractivity contribution in [2.75, 3.05) is 13.7 Å². The maximum atomic E-state index is 11.4. The number of hydrogen-bond acceptors (Lipinski definition) is 12. The summed E-state index contributed by atoms with van der Waals surface area (Å²) >= 11 is 0. The first-order valence-electron chi connectivity index (χ1n) is 7.24. The first-order valence-corrected chi connectivity index (χ1v) is 8.58. The number of methoxy groups -OCH3 is 1. The minimum Gasteiger partial charge on any atom is -0.726 e. The average molecular weight is 422 g/mol. The van der Waals surface area contributed by atoms with E-state index in [0.29, 0.717) is 0 Å². The van der Waals surface area contributed by atoms with E-state index in [2.05, 4.69) is 4.18 Å². The van der Waals surface area contributed by atoms with Crippen molar-refractivity contribution in [2.24, 2.45) is 0 Å². The van der Waals surface area contributed by atoms with E-state index in [-0.39, 0.29) is 29.6 Å². The van der Waals surface area contributed by atoms with Crippen molar-refractivity contribution in [1.82, 2.24) is 0 Å². The van der Waals surface area contributed by atoms with Crippen molar-refractivity contribution in [3.05, 3.63) is 0 Å². The Morgan fingerprint density at radius 1 is 0.926 bits per heavy atom. The smallest absolute Gasteiger partial charge is 0.726 e. The normalized spacial score (nSPS) is 27.8. The SMILES string of the molecule is CO[C@H]1O[C@H](COS(=O)(=O)[O-])[C@@H](OC(C)=O)[C@H](OC(C)=O)[C@@H]1OC(C)=O.[Na+]. The largest absolute Gasteiger partial charge is 1.00 e. The third kappa shape index (κ3) is 8.83. The Labute approximate surface area is 178 Å². The molecule has 27 heavy (non-hydrogen) atoms. The van der Waals surface area contributed by atoms with Crippen molar-refractivity contribution < 1.29 is 84.8 Å². The summed E-state index contributed by atoms with van der Waals surface area (Å²) < 4.78 is 61.8. The van der Waals surface area contributed by atoms with Crippen LogP contribution >= 0.6 is 0 Å². The van der Waals surface area contributed by atoms with Gasteiger partial charge in [-0.2, -0.15) is 0 Å². The van der Waals surface area contributed by atoms with Gasteiger partial charge < -0.3 is 28.2 Å². The van der Waals surface area contributed by atoms with E-state index in [1.165, 1.54) is 7.11 Å². The molecule has 1 saturated heterocycles. The molecule has 0 unspecified atom stereocenters. The van der Waals surface area contributed by atoms with Crippen LogP contribution in [0.5, 0.6) is 0 Å². The summed E-state index contributed by atoms with van der Waals surface area (Å²) in [6, 6.07) is 0. The molecule has 12 nitrogen and oxygen atoms in total. The Balaban J connectivity index is 0.00000676. The van der Waals surface area contributed by atoms with Crippen LogP contribution in [0.2, 0.25) is 0 Å². The molecule has 0 aromatic rings. The molecular formula is C13H19NaO12S. The molecular weight excluding hydrogens is 403 g/mol. The van der Waals surface area contributed by atoms with Gasteiger partial charge in [-0.25, -0.2) is 8.42 Å². The van der Waals surface area contributed by atoms with Crippen molar-refractivity contribution in [2.45, 2.75) is 51.5 Å². The van der Waals surface area contributed by atoms with Crippen molar-refractivity contribution in [1.29, 1.82) is 0 Å². The number of carbonyl (C=O) groups is 3. The molecule has 0 saturated carbocycles. The second kappa shape index (κ2) is 11.3. The summed E-state index contributed by atoms with van der Waals surface area (Å²) in [5.74, 6) is -2.41. The van der Waals surface area contributed by atoms with Gasteiger partial charge in [0.1, 0.15) is 6.10 Å². The molecule has 5 atom stereocenters. The zero-order valence-corrected chi connectivity index (χ0v) is 18.2. The van der Waals surface area contributed by atoms with Gasteiger partial charge in [-0.1, -0.05) is 0 Å². The molecule has 1 aliphatic rings. The van der Waals surface area contributed by atoms with E-state index in [1.807, 2.05) is 0 Å². The summed E-state index contributed by atoms with van der Waals surface area (Å²) in [5.41, 5.74) is 0. The third-order valence-electron chi connectivity index (χ3n) is 3.11. The molecule has 0 aliphatic carbocycles. The molecule has 1 heterocycles. The predicted octanol–water partition coefficient (Wildman–Crippen LogP) is -4.37. The summed E-state index contributed by atoms with van der Waals surface area (Å²) in [6.07, 6.45) is -6.86. The van der Waals surface area contributed by atoms with Crippen LogP contribution < -0.4 is 29.6 Å². The van der Waals surface area contributed by atoms with E-state index in [4.69, 9.17) is 23.7 Å². The molecule has 0 aromatic heterocycles. The number of hydrogen-bond donors (Lipinski definition) is 0. The van der Waals surface area contributed by atoms with Gasteiger partial charge in [-0.3, -0.25) is 18.6 Å². The van der Waals surface area contributed by atoms with Crippen LogP contribution in [-0.2, 0) is 52.7 Å². The van der Waals surface area contributed by atoms with Crippen LogP contribution in [-0.4, -0.2) is 75.3 Å². The van der Waals surface area contributed by atoms with Gasteiger partial charge in [0.15, 0.2) is 24.6 Å². The zero-order valence-electron chi connectivity index (χ0n) is 15.4. The van der Waals surface area contributed by atoms with Crippen molar-refractivity contribution in [3.8, 4) is 0 Å². The fourth-order valence-electron chi connectivity index (χ4n) is 2.33. The molecule has 150 valence electrons. The van der Waals surface area contributed by atoms with Gasteiger partial charge in [0.25, 0.3) is 0 Å². The maximum Gasteiger partial charge on any atom is 1.00 e. The van der Waals surface area contributed by atoms with Gasteiger partial charge >= 0.3 is 47.5 Å². The Hall–Kier alpha value is -0.800. The third-order valence-corrected chi connectivity index (χ3v) is 3.53. The van der Waals surface area contributed by atoms with Gasteiger partial charge in [-0.15, -0.1) is 0 Å². The Morgan fingerprint density at radius 2 is 1.37 bits per heavy atom. The van der Waals surface area contributed by atoms with Crippen LogP contribution in [0.15, 0.2) is 0 Å². The molecule has 0 N–H and O–H groups in total. The number of rotatable bonds is 7. The Kier molecular flexibility index (Phi) is 10.9. The quantitative estimate of drug-likeness (QED) is 0.127. The minimum atomic E-state index is -5.08. The fraction of sp³-hybridized carbons (Fsp3) is 0.769. The topological polar surface area (TPSA) is 164 Å². The molecule has 0 radical (unpaired) electrons. The van der Waals surface area contributed by atoms with Gasteiger partial charge in [-0.05, 0) is 0 Å². The first kappa shape index (κ1) is 26.2. The number of carbonyl (C=O) groups excluding carboxylic acids is 3. The second-order valence-electron chi connectivity index (χ2n) is 5.19. The van der Waals surface area contributed by atoms with E-state index >= 15 is 0 Å². The summed E-state index contributed by atoms with van der Waals surface area (Å²) in [4.78, 5) is 34.2. The zero-order chi connectivity index (χ0) is 20.1. The van der Waals surface area contributed by atoms with Gasteiger partial charge in [0.2, 0.25) is 10.4 Å². The molecule has 0 bridgehead atoms. The maximum absolute atomic E-state index is 11.4. The van der Waals surface area contributed by atoms with Gasteiger partial charge in [0.05, 0.1) is 6.61 Å². The monoisotopic (exact) mass is 422 g/mol. The fourth-order valence-corrected chi connectivity index (χ4v) is 2.63. The van der Waals surface area contributed by atoms with E-state index in [0.717, 1.165) is 20.8 Å². The molecule has 14 heteroatoms. The minimum absolute atomic E-state index is 0. The number of esters is 3. The molecule has 0 spiro atoms. The first-order chi connectivity index (χ1) is 11.9. The van der Waals surface area contributed by atoms with Crippen molar-refractivity contribution >= 4 is 28.3 Å². The van der Waals surface area contributed by atoms with Crippen molar-refractivity contribution in [3.63, 3.8) is 0 Å². The standard InChI is InChI=1S/C13H20O12S.Na/c1-6(14)22-10-9(5-21-26(17,18)19)25-13(20-4)12(24-8(3)16)11(10)23-7(2)15;/h9-13H,5H2,1-4H3,(H,17,18,19);/q;+1/p-1/t9-,10-,11+,12+,13+;/m1./s1. The van der Waals surface area contributed by atoms with E-state index in [9.17, 15) is 27.4 Å². The summed E-state index contributed by atoms with van der Waals surface area (Å²) in [5, 5.41) is 0. The van der Waals surface area contributed by atoms with Gasteiger partial charge in [0, 0.05) is 27.9 Å². The van der Waals surface area contributed by atoms with Crippen LogP contribution in [0.4, 0.5) is 0 Å². The van der Waals surface area contributed by atoms with Crippen LogP contribution in [0.25, 0.3) is 0 Å². The molecule has 1 fully saturated rings.